The average Bonchev–Trinajstić information content (AvgIpc) is 2.43. The predicted molar refractivity (Wildman–Crippen MR) is 80.0 cm³/mol. The molecule has 1 aromatic heterocycles. The Kier molecular flexibility index (Phi) is 3.48. The largest absolute Gasteiger partial charge is 0.376 e. The Morgan fingerprint density at radius 2 is 1.80 bits per heavy atom. The minimum atomic E-state index is 0.514. The normalized spacial score (nSPS) is 14.2. The molecule has 0 fully saturated rings. The van der Waals surface area contributed by atoms with E-state index in [2.05, 4.69) is 37.9 Å². The molecule has 0 radical (unpaired) electrons. The molecule has 20 heavy (non-hydrogen) atoms. The average molecular weight is 289 g/mol. The van der Waals surface area contributed by atoms with Crippen LogP contribution >= 0.6 is 11.6 Å². The Labute approximate surface area is 124 Å². The van der Waals surface area contributed by atoms with Gasteiger partial charge in [-0.15, -0.1) is 0 Å². The molecule has 0 bridgehead atoms. The van der Waals surface area contributed by atoms with E-state index in [1.807, 2.05) is 0 Å². The van der Waals surface area contributed by atoms with Crippen molar-refractivity contribution in [3.8, 4) is 11.4 Å². The quantitative estimate of drug-likeness (QED) is 0.749. The van der Waals surface area contributed by atoms with Gasteiger partial charge in [0, 0.05) is 17.5 Å². The lowest BCUT2D eigenvalue weighted by Crippen LogP contribution is -2.14. The summed E-state index contributed by atoms with van der Waals surface area (Å²) in [6.07, 6.45) is 0.800. The van der Waals surface area contributed by atoms with Crippen molar-refractivity contribution >= 4 is 11.6 Å². The zero-order valence-corrected chi connectivity index (χ0v) is 12.7. The molecule has 4 heteroatoms. The molecular weight excluding hydrogens is 272 g/mol. The van der Waals surface area contributed by atoms with E-state index in [-0.39, 0.29) is 0 Å². The van der Waals surface area contributed by atoms with Crippen molar-refractivity contribution < 1.29 is 4.74 Å². The van der Waals surface area contributed by atoms with Crippen LogP contribution < -0.4 is 0 Å². The molecule has 0 unspecified atom stereocenters. The Morgan fingerprint density at radius 3 is 2.60 bits per heavy atom. The summed E-state index contributed by atoms with van der Waals surface area (Å²) in [7, 11) is 0. The summed E-state index contributed by atoms with van der Waals surface area (Å²) in [5.41, 5.74) is 6.71. The number of benzene rings is 1. The summed E-state index contributed by atoms with van der Waals surface area (Å²) < 4.78 is 5.42. The number of ether oxygens (including phenoxy) is 1. The van der Waals surface area contributed by atoms with Gasteiger partial charge in [0.25, 0.3) is 0 Å². The van der Waals surface area contributed by atoms with E-state index in [0.29, 0.717) is 18.4 Å². The topological polar surface area (TPSA) is 35.0 Å². The monoisotopic (exact) mass is 288 g/mol. The molecule has 0 amide bonds. The molecule has 2 aromatic rings. The second kappa shape index (κ2) is 5.15. The first-order valence-electron chi connectivity index (χ1n) is 6.77. The summed E-state index contributed by atoms with van der Waals surface area (Å²) in [6.45, 7) is 7.52. The SMILES string of the molecule is Cc1cc(C)c(-c2nc(Cl)c3c(n2)CCOC3)cc1C. The maximum atomic E-state index is 6.29. The molecule has 1 aliphatic heterocycles. The van der Waals surface area contributed by atoms with Gasteiger partial charge in [-0.2, -0.15) is 0 Å². The molecule has 0 N–H and O–H groups in total. The maximum Gasteiger partial charge on any atom is 0.161 e. The molecule has 1 aromatic carbocycles. The van der Waals surface area contributed by atoms with Crippen molar-refractivity contribution in [1.82, 2.24) is 9.97 Å². The fraction of sp³-hybridized carbons (Fsp3) is 0.375. The highest BCUT2D eigenvalue weighted by atomic mass is 35.5. The van der Waals surface area contributed by atoms with Crippen molar-refractivity contribution in [2.45, 2.75) is 33.8 Å². The van der Waals surface area contributed by atoms with Gasteiger partial charge >= 0.3 is 0 Å². The van der Waals surface area contributed by atoms with Gasteiger partial charge in [0.15, 0.2) is 5.82 Å². The number of fused-ring (bicyclic) bond motifs is 1. The Balaban J connectivity index is 2.15. The number of rotatable bonds is 1. The number of aryl methyl sites for hydroxylation is 3. The number of aromatic nitrogens is 2. The van der Waals surface area contributed by atoms with Crippen molar-refractivity contribution in [3.05, 3.63) is 45.2 Å². The Morgan fingerprint density at radius 1 is 1.05 bits per heavy atom. The van der Waals surface area contributed by atoms with Gasteiger partial charge in [-0.1, -0.05) is 17.7 Å². The lowest BCUT2D eigenvalue weighted by atomic mass is 10.00. The van der Waals surface area contributed by atoms with Crippen LogP contribution in [0.15, 0.2) is 12.1 Å². The maximum absolute atomic E-state index is 6.29. The first kappa shape index (κ1) is 13.5. The molecule has 0 aliphatic carbocycles. The summed E-state index contributed by atoms with van der Waals surface area (Å²) in [4.78, 5) is 9.16. The first-order valence-corrected chi connectivity index (χ1v) is 7.15. The minimum absolute atomic E-state index is 0.514. The van der Waals surface area contributed by atoms with Gasteiger partial charge in [-0.05, 0) is 43.5 Å². The molecule has 3 nitrogen and oxygen atoms in total. The summed E-state index contributed by atoms with van der Waals surface area (Å²) in [5.74, 6) is 0.719. The number of halogens is 1. The number of hydrogen-bond acceptors (Lipinski definition) is 3. The summed E-state index contributed by atoms with van der Waals surface area (Å²) in [5, 5.41) is 0.516. The van der Waals surface area contributed by atoms with Crippen LogP contribution in [-0.4, -0.2) is 16.6 Å². The van der Waals surface area contributed by atoms with Gasteiger partial charge < -0.3 is 4.74 Å². The molecule has 3 rings (SSSR count). The van der Waals surface area contributed by atoms with E-state index < -0.39 is 0 Å². The van der Waals surface area contributed by atoms with E-state index in [1.165, 1.54) is 16.7 Å². The Hall–Kier alpha value is -1.45. The first-order chi connectivity index (χ1) is 9.56. The predicted octanol–water partition coefficient (Wildman–Crippen LogP) is 3.79. The molecule has 104 valence electrons. The summed E-state index contributed by atoms with van der Waals surface area (Å²) >= 11 is 6.29. The molecule has 2 heterocycles. The van der Waals surface area contributed by atoms with Crippen LogP contribution in [0.4, 0.5) is 0 Å². The fourth-order valence-corrected chi connectivity index (χ4v) is 2.76. The standard InChI is InChI=1S/C16H17ClN2O/c1-9-6-11(3)12(7-10(9)2)16-18-14-4-5-20-8-13(14)15(17)19-16/h6-7H,4-5,8H2,1-3H3. The number of nitrogens with zero attached hydrogens (tertiary/aromatic N) is 2. The van der Waals surface area contributed by atoms with Gasteiger partial charge in [0.05, 0.1) is 18.9 Å². The lowest BCUT2D eigenvalue weighted by molar-refractivity contribution is 0.109. The van der Waals surface area contributed by atoms with Crippen LogP contribution in [0.2, 0.25) is 5.15 Å². The van der Waals surface area contributed by atoms with Crippen molar-refractivity contribution in [2.75, 3.05) is 6.61 Å². The second-order valence-electron chi connectivity index (χ2n) is 5.32. The molecule has 0 atom stereocenters. The fourth-order valence-electron chi connectivity index (χ4n) is 2.51. The Bertz CT molecular complexity index is 683. The van der Waals surface area contributed by atoms with Gasteiger partial charge in [-0.3, -0.25) is 0 Å². The smallest absolute Gasteiger partial charge is 0.161 e. The molecule has 1 aliphatic rings. The van der Waals surface area contributed by atoms with Crippen LogP contribution in [0.5, 0.6) is 0 Å². The zero-order chi connectivity index (χ0) is 14.3. The third-order valence-corrected chi connectivity index (χ3v) is 4.17. The summed E-state index contributed by atoms with van der Waals surface area (Å²) in [6, 6.07) is 4.31. The van der Waals surface area contributed by atoms with Gasteiger partial charge in [0.2, 0.25) is 0 Å². The highest BCUT2D eigenvalue weighted by Crippen LogP contribution is 2.28. The van der Waals surface area contributed by atoms with Crippen LogP contribution in [-0.2, 0) is 17.8 Å². The van der Waals surface area contributed by atoms with E-state index in [0.717, 1.165) is 29.1 Å². The minimum Gasteiger partial charge on any atom is -0.376 e. The molecular formula is C16H17ClN2O. The van der Waals surface area contributed by atoms with Gasteiger partial charge in [0.1, 0.15) is 5.15 Å². The van der Waals surface area contributed by atoms with E-state index in [4.69, 9.17) is 21.3 Å². The third-order valence-electron chi connectivity index (χ3n) is 3.85. The van der Waals surface area contributed by atoms with Crippen molar-refractivity contribution in [1.29, 1.82) is 0 Å². The highest BCUT2D eigenvalue weighted by Gasteiger charge is 2.18. The van der Waals surface area contributed by atoms with Gasteiger partial charge in [-0.25, -0.2) is 9.97 Å². The highest BCUT2D eigenvalue weighted by molar-refractivity contribution is 6.30. The van der Waals surface area contributed by atoms with Crippen LogP contribution in [0.3, 0.4) is 0 Å². The lowest BCUT2D eigenvalue weighted by Gasteiger charge is -2.18. The van der Waals surface area contributed by atoms with Crippen LogP contribution in [0.1, 0.15) is 27.9 Å². The van der Waals surface area contributed by atoms with Crippen molar-refractivity contribution in [2.24, 2.45) is 0 Å². The van der Waals surface area contributed by atoms with Crippen LogP contribution in [0, 0.1) is 20.8 Å². The van der Waals surface area contributed by atoms with E-state index >= 15 is 0 Å². The third kappa shape index (κ3) is 2.32. The van der Waals surface area contributed by atoms with Crippen LogP contribution in [0.25, 0.3) is 11.4 Å². The van der Waals surface area contributed by atoms with E-state index in [9.17, 15) is 0 Å². The van der Waals surface area contributed by atoms with E-state index in [1.54, 1.807) is 0 Å². The molecule has 0 saturated carbocycles. The molecule has 0 saturated heterocycles. The zero-order valence-electron chi connectivity index (χ0n) is 12.0. The second-order valence-corrected chi connectivity index (χ2v) is 5.68. The molecule has 0 spiro atoms. The van der Waals surface area contributed by atoms with Crippen molar-refractivity contribution in [3.63, 3.8) is 0 Å². The number of hydrogen-bond donors (Lipinski definition) is 0.